The summed E-state index contributed by atoms with van der Waals surface area (Å²) in [6, 6.07) is 13.2. The summed E-state index contributed by atoms with van der Waals surface area (Å²) in [4.78, 5) is 15.1. The van der Waals surface area contributed by atoms with Crippen molar-refractivity contribution in [1.82, 2.24) is 4.90 Å². The molecule has 1 saturated heterocycles. The van der Waals surface area contributed by atoms with E-state index >= 15 is 0 Å². The van der Waals surface area contributed by atoms with Crippen LogP contribution >= 0.6 is 0 Å². The Labute approximate surface area is 195 Å². The molecule has 1 amide bonds. The van der Waals surface area contributed by atoms with Gasteiger partial charge in [-0.15, -0.1) is 0 Å². The molecule has 7 nitrogen and oxygen atoms in total. The summed E-state index contributed by atoms with van der Waals surface area (Å²) in [7, 11) is 4.79. The summed E-state index contributed by atoms with van der Waals surface area (Å²) in [5.41, 5.74) is 1.01. The number of carbonyl (C=O) groups excluding carboxylic acids is 1. The standard InChI is InChI=1S/C26H34N2O5/c1-31-21-15-18(16-22(32-2)25(21)33-3)24-20-11-7-8-12-26(20,30)13-14-28(24)17-23(29)27-19-9-5-4-6-10-19/h4-6,9-10,15-16,20,24,30H,7-8,11-14,17H2,1-3H3,(H,27,29). The van der Waals surface area contributed by atoms with Gasteiger partial charge in [0.2, 0.25) is 11.7 Å². The van der Waals surface area contributed by atoms with Gasteiger partial charge in [-0.1, -0.05) is 31.0 Å². The molecule has 2 fully saturated rings. The molecule has 0 radical (unpaired) electrons. The highest BCUT2D eigenvalue weighted by molar-refractivity contribution is 5.92. The number of carbonyl (C=O) groups is 1. The van der Waals surface area contributed by atoms with E-state index in [1.165, 1.54) is 0 Å². The number of fused-ring (bicyclic) bond motifs is 1. The zero-order valence-electron chi connectivity index (χ0n) is 19.7. The Kier molecular flexibility index (Phi) is 7.10. The third kappa shape index (κ3) is 4.80. The monoisotopic (exact) mass is 454 g/mol. The Bertz CT molecular complexity index is 941. The maximum atomic E-state index is 13.0. The van der Waals surface area contributed by atoms with Crippen LogP contribution in [0.4, 0.5) is 5.69 Å². The number of amides is 1. The van der Waals surface area contributed by atoms with E-state index in [2.05, 4.69) is 10.2 Å². The summed E-state index contributed by atoms with van der Waals surface area (Å²) in [5.74, 6) is 1.63. The molecular formula is C26H34N2O5. The third-order valence-electron chi connectivity index (χ3n) is 7.10. The first-order chi connectivity index (χ1) is 16.0. The van der Waals surface area contributed by atoms with Crippen molar-refractivity contribution in [1.29, 1.82) is 0 Å². The molecule has 3 unspecified atom stereocenters. The molecule has 2 aromatic carbocycles. The molecule has 1 saturated carbocycles. The Balaban J connectivity index is 1.68. The molecule has 2 aliphatic rings. The van der Waals surface area contributed by atoms with E-state index in [0.717, 1.165) is 36.9 Å². The number of aliphatic hydroxyl groups is 1. The average Bonchev–Trinajstić information content (AvgIpc) is 2.83. The topological polar surface area (TPSA) is 80.3 Å². The molecule has 4 rings (SSSR count). The summed E-state index contributed by atoms with van der Waals surface area (Å²) in [6.45, 7) is 0.874. The molecule has 0 bridgehead atoms. The molecule has 2 N–H and O–H groups in total. The van der Waals surface area contributed by atoms with Crippen molar-refractivity contribution >= 4 is 11.6 Å². The smallest absolute Gasteiger partial charge is 0.238 e. The number of benzene rings is 2. The van der Waals surface area contributed by atoms with Crippen LogP contribution in [0.3, 0.4) is 0 Å². The van der Waals surface area contributed by atoms with Crippen LogP contribution in [-0.2, 0) is 4.79 Å². The highest BCUT2D eigenvalue weighted by Gasteiger charge is 2.49. The number of nitrogens with one attached hydrogen (secondary N) is 1. The highest BCUT2D eigenvalue weighted by Crippen LogP contribution is 2.51. The molecule has 1 heterocycles. The third-order valence-corrected chi connectivity index (χ3v) is 7.10. The average molecular weight is 455 g/mol. The SMILES string of the molecule is COc1cc(C2C3CCCCC3(O)CCN2CC(=O)Nc2ccccc2)cc(OC)c1OC. The van der Waals surface area contributed by atoms with Gasteiger partial charge in [-0.3, -0.25) is 9.69 Å². The minimum Gasteiger partial charge on any atom is -0.493 e. The van der Waals surface area contributed by atoms with Crippen molar-refractivity contribution in [3.63, 3.8) is 0 Å². The van der Waals surface area contributed by atoms with Crippen LogP contribution in [0.5, 0.6) is 17.2 Å². The molecule has 2 aromatic rings. The lowest BCUT2D eigenvalue weighted by Gasteiger charge is -2.52. The van der Waals surface area contributed by atoms with E-state index in [1.54, 1.807) is 21.3 Å². The van der Waals surface area contributed by atoms with Crippen LogP contribution in [-0.4, -0.2) is 55.9 Å². The van der Waals surface area contributed by atoms with Gasteiger partial charge in [0.05, 0.1) is 33.5 Å². The number of piperidine rings is 1. The van der Waals surface area contributed by atoms with Gasteiger partial charge in [0.1, 0.15) is 0 Å². The van der Waals surface area contributed by atoms with Crippen LogP contribution in [0.2, 0.25) is 0 Å². The van der Waals surface area contributed by atoms with Crippen LogP contribution in [0.1, 0.15) is 43.7 Å². The van der Waals surface area contributed by atoms with E-state index in [-0.39, 0.29) is 24.4 Å². The fourth-order valence-electron chi connectivity index (χ4n) is 5.54. The second-order valence-corrected chi connectivity index (χ2v) is 8.99. The molecule has 178 valence electrons. The molecule has 33 heavy (non-hydrogen) atoms. The quantitative estimate of drug-likeness (QED) is 0.658. The number of rotatable bonds is 7. The van der Waals surface area contributed by atoms with E-state index < -0.39 is 5.60 Å². The lowest BCUT2D eigenvalue weighted by atomic mass is 9.66. The summed E-state index contributed by atoms with van der Waals surface area (Å²) < 4.78 is 16.7. The first-order valence-electron chi connectivity index (χ1n) is 11.6. The lowest BCUT2D eigenvalue weighted by Crippen LogP contribution is -2.56. The Hall–Kier alpha value is -2.77. The number of para-hydroxylation sites is 1. The lowest BCUT2D eigenvalue weighted by molar-refractivity contribution is -0.135. The minimum absolute atomic E-state index is 0.0207. The zero-order chi connectivity index (χ0) is 23.4. The van der Waals surface area contributed by atoms with Gasteiger partial charge in [-0.25, -0.2) is 0 Å². The van der Waals surface area contributed by atoms with Crippen LogP contribution < -0.4 is 19.5 Å². The van der Waals surface area contributed by atoms with Gasteiger partial charge >= 0.3 is 0 Å². The predicted molar refractivity (Wildman–Crippen MR) is 127 cm³/mol. The highest BCUT2D eigenvalue weighted by atomic mass is 16.5. The first-order valence-corrected chi connectivity index (χ1v) is 11.6. The van der Waals surface area contributed by atoms with Crippen molar-refractivity contribution in [2.45, 2.75) is 43.7 Å². The fourth-order valence-corrected chi connectivity index (χ4v) is 5.54. The second kappa shape index (κ2) is 10.0. The minimum atomic E-state index is -0.726. The number of ether oxygens (including phenoxy) is 3. The van der Waals surface area contributed by atoms with E-state index in [4.69, 9.17) is 14.2 Å². The molecule has 7 heteroatoms. The van der Waals surface area contributed by atoms with Crippen LogP contribution in [0.25, 0.3) is 0 Å². The van der Waals surface area contributed by atoms with Crippen LogP contribution in [0.15, 0.2) is 42.5 Å². The summed E-state index contributed by atoms with van der Waals surface area (Å²) in [6.07, 6.45) is 4.47. The van der Waals surface area contributed by atoms with Crippen molar-refractivity contribution in [2.75, 3.05) is 39.7 Å². The normalized spacial score (nSPS) is 25.1. The number of nitrogens with zero attached hydrogens (tertiary/aromatic N) is 1. The number of methoxy groups -OCH3 is 3. The van der Waals surface area contributed by atoms with Crippen molar-refractivity contribution in [3.05, 3.63) is 48.0 Å². The van der Waals surface area contributed by atoms with Gasteiger partial charge < -0.3 is 24.6 Å². The maximum absolute atomic E-state index is 13.0. The molecule has 0 aromatic heterocycles. The van der Waals surface area contributed by atoms with E-state index in [1.807, 2.05) is 42.5 Å². The fraction of sp³-hybridized carbons (Fsp3) is 0.500. The number of likely N-dealkylation sites (tertiary alicyclic amines) is 1. The van der Waals surface area contributed by atoms with Gasteiger partial charge in [0.25, 0.3) is 0 Å². The predicted octanol–water partition coefficient (Wildman–Crippen LogP) is 4.02. The molecule has 1 aliphatic carbocycles. The molecular weight excluding hydrogens is 420 g/mol. The van der Waals surface area contributed by atoms with Gasteiger partial charge in [-0.05, 0) is 49.1 Å². The van der Waals surface area contributed by atoms with Gasteiger partial charge in [0, 0.05) is 24.2 Å². The summed E-state index contributed by atoms with van der Waals surface area (Å²) >= 11 is 0. The van der Waals surface area contributed by atoms with Crippen molar-refractivity contribution in [3.8, 4) is 17.2 Å². The van der Waals surface area contributed by atoms with Crippen molar-refractivity contribution in [2.24, 2.45) is 5.92 Å². The Morgan fingerprint density at radius 2 is 1.76 bits per heavy atom. The van der Waals surface area contributed by atoms with Gasteiger partial charge in [0.15, 0.2) is 11.5 Å². The zero-order valence-corrected chi connectivity index (χ0v) is 19.7. The van der Waals surface area contributed by atoms with E-state index in [0.29, 0.717) is 30.2 Å². The molecule has 3 atom stereocenters. The number of anilines is 1. The maximum Gasteiger partial charge on any atom is 0.238 e. The Morgan fingerprint density at radius 1 is 1.06 bits per heavy atom. The van der Waals surface area contributed by atoms with Crippen LogP contribution in [0, 0.1) is 5.92 Å². The molecule has 0 spiro atoms. The number of hydrogen-bond donors (Lipinski definition) is 2. The second-order valence-electron chi connectivity index (χ2n) is 8.99. The Morgan fingerprint density at radius 3 is 2.39 bits per heavy atom. The van der Waals surface area contributed by atoms with Gasteiger partial charge in [-0.2, -0.15) is 0 Å². The largest absolute Gasteiger partial charge is 0.493 e. The van der Waals surface area contributed by atoms with Crippen molar-refractivity contribution < 1.29 is 24.1 Å². The summed E-state index contributed by atoms with van der Waals surface area (Å²) in [5, 5.41) is 14.5. The molecule has 1 aliphatic heterocycles. The number of hydrogen-bond acceptors (Lipinski definition) is 6. The first kappa shape index (κ1) is 23.4. The van der Waals surface area contributed by atoms with E-state index in [9.17, 15) is 9.90 Å².